The Morgan fingerprint density at radius 1 is 1.18 bits per heavy atom. The Hall–Kier alpha value is -3.14. The lowest BCUT2D eigenvalue weighted by molar-refractivity contribution is -0.133. The van der Waals surface area contributed by atoms with E-state index in [1.54, 1.807) is 30.9 Å². The van der Waals surface area contributed by atoms with Gasteiger partial charge in [0.25, 0.3) is 5.91 Å². The maximum atomic E-state index is 15.1. The molecule has 0 radical (unpaired) electrons. The number of rotatable bonds is 5. The predicted octanol–water partition coefficient (Wildman–Crippen LogP) is 1.95. The third-order valence-electron chi connectivity index (χ3n) is 7.55. The molecule has 9 nitrogen and oxygen atoms in total. The highest BCUT2D eigenvalue weighted by atomic mass is 19.1. The van der Waals surface area contributed by atoms with E-state index in [0.29, 0.717) is 37.0 Å². The van der Waals surface area contributed by atoms with Crippen LogP contribution in [0.4, 0.5) is 9.18 Å². The number of hydrogen-bond donors (Lipinski definition) is 1. The zero-order valence-electron chi connectivity index (χ0n) is 19.8. The number of piperazine rings is 1. The summed E-state index contributed by atoms with van der Waals surface area (Å²) in [4.78, 5) is 48.4. The van der Waals surface area contributed by atoms with Crippen molar-refractivity contribution in [2.45, 2.75) is 38.8 Å². The lowest BCUT2D eigenvalue weighted by atomic mass is 9.86. The number of benzene rings is 1. The molecule has 3 aliphatic heterocycles. The first-order valence-electron chi connectivity index (χ1n) is 11.7. The Morgan fingerprint density at radius 3 is 2.59 bits per heavy atom. The van der Waals surface area contributed by atoms with E-state index in [0.717, 1.165) is 30.9 Å². The van der Waals surface area contributed by atoms with Crippen LogP contribution >= 0.6 is 0 Å². The number of H-pyrrole nitrogens is 1. The first-order valence-corrected chi connectivity index (χ1v) is 11.7. The van der Waals surface area contributed by atoms with Crippen molar-refractivity contribution in [1.29, 1.82) is 0 Å². The Labute approximate surface area is 197 Å². The number of imide groups is 1. The van der Waals surface area contributed by atoms with Crippen LogP contribution in [0, 0.1) is 5.82 Å². The fraction of sp³-hybridized carbons (Fsp3) is 0.542. The van der Waals surface area contributed by atoms with Crippen molar-refractivity contribution in [2.24, 2.45) is 0 Å². The van der Waals surface area contributed by atoms with E-state index in [1.165, 1.54) is 12.0 Å². The molecule has 10 heteroatoms. The highest BCUT2D eigenvalue weighted by Gasteiger charge is 2.56. The first kappa shape index (κ1) is 22.6. The molecule has 0 unspecified atom stereocenters. The summed E-state index contributed by atoms with van der Waals surface area (Å²) in [5.41, 5.74) is 1.08. The number of hydrogen-bond acceptors (Lipinski definition) is 5. The smallest absolute Gasteiger partial charge is 0.328 e. The summed E-state index contributed by atoms with van der Waals surface area (Å²) in [5.74, 6) is -0.439. The van der Waals surface area contributed by atoms with Crippen LogP contribution in [0.15, 0.2) is 12.1 Å². The molecule has 0 saturated carbocycles. The number of ether oxygens (including phenoxy) is 1. The summed E-state index contributed by atoms with van der Waals surface area (Å²) in [6.07, 6.45) is 0.919. The average Bonchev–Trinajstić information content (AvgIpc) is 3.26. The van der Waals surface area contributed by atoms with Gasteiger partial charge in [-0.2, -0.15) is 0 Å². The Kier molecular flexibility index (Phi) is 5.50. The van der Waals surface area contributed by atoms with Crippen molar-refractivity contribution in [3.8, 4) is 5.75 Å². The van der Waals surface area contributed by atoms with E-state index in [2.05, 4.69) is 9.88 Å². The Bertz CT molecular complexity index is 1170. The minimum atomic E-state index is -1.04. The monoisotopic (exact) mass is 471 g/mol. The number of aromatic nitrogens is 1. The number of methoxy groups -OCH3 is 1. The fourth-order valence-corrected chi connectivity index (χ4v) is 5.53. The molecule has 182 valence electrons. The van der Waals surface area contributed by atoms with Gasteiger partial charge >= 0.3 is 6.03 Å². The fourth-order valence-electron chi connectivity index (χ4n) is 5.53. The summed E-state index contributed by atoms with van der Waals surface area (Å²) in [7, 11) is 1.42. The summed E-state index contributed by atoms with van der Waals surface area (Å²) in [6.45, 7) is 7.68. The second-order valence-electron chi connectivity index (χ2n) is 9.56. The van der Waals surface area contributed by atoms with Gasteiger partial charge in [0.15, 0.2) is 11.6 Å². The Morgan fingerprint density at radius 2 is 1.91 bits per heavy atom. The van der Waals surface area contributed by atoms with Gasteiger partial charge in [0.2, 0.25) is 5.91 Å². The van der Waals surface area contributed by atoms with Crippen LogP contribution in [-0.2, 0) is 22.6 Å². The number of carbonyl (C=O) groups is 3. The molecule has 1 aromatic carbocycles. The molecule has 0 bridgehead atoms. The largest absolute Gasteiger partial charge is 0.494 e. The second kappa shape index (κ2) is 8.26. The molecular weight excluding hydrogens is 441 g/mol. The van der Waals surface area contributed by atoms with Gasteiger partial charge in [-0.3, -0.25) is 19.4 Å². The van der Waals surface area contributed by atoms with Crippen LogP contribution in [0.2, 0.25) is 0 Å². The molecule has 2 aromatic rings. The molecule has 1 atom stereocenters. The molecule has 0 spiro atoms. The van der Waals surface area contributed by atoms with Crippen LogP contribution in [0.1, 0.15) is 31.5 Å². The second-order valence-corrected chi connectivity index (χ2v) is 9.56. The van der Waals surface area contributed by atoms with Crippen molar-refractivity contribution in [3.05, 3.63) is 29.2 Å². The van der Waals surface area contributed by atoms with Crippen molar-refractivity contribution in [2.75, 3.05) is 46.4 Å². The molecule has 1 aromatic heterocycles. The maximum Gasteiger partial charge on any atom is 0.328 e. The first-order chi connectivity index (χ1) is 16.2. The average molecular weight is 472 g/mol. The van der Waals surface area contributed by atoms with Crippen LogP contribution in [0.5, 0.6) is 5.75 Å². The van der Waals surface area contributed by atoms with E-state index in [9.17, 15) is 14.4 Å². The maximum absolute atomic E-state index is 15.1. The normalized spacial score (nSPS) is 23.0. The van der Waals surface area contributed by atoms with Crippen LogP contribution < -0.4 is 4.74 Å². The van der Waals surface area contributed by atoms with Crippen LogP contribution in [0.25, 0.3) is 10.9 Å². The highest BCUT2D eigenvalue weighted by molar-refractivity contribution is 6.07. The van der Waals surface area contributed by atoms with Gasteiger partial charge in [-0.15, -0.1) is 0 Å². The van der Waals surface area contributed by atoms with E-state index in [-0.39, 0.29) is 36.6 Å². The minimum Gasteiger partial charge on any atom is -0.494 e. The molecule has 34 heavy (non-hydrogen) atoms. The van der Waals surface area contributed by atoms with E-state index >= 15 is 4.39 Å². The van der Waals surface area contributed by atoms with Gasteiger partial charge in [0, 0.05) is 62.7 Å². The van der Waals surface area contributed by atoms with E-state index in [1.807, 2.05) is 4.90 Å². The number of aromatic amines is 1. The third-order valence-corrected chi connectivity index (χ3v) is 7.55. The summed E-state index contributed by atoms with van der Waals surface area (Å²) >= 11 is 0. The van der Waals surface area contributed by atoms with Gasteiger partial charge in [0.1, 0.15) is 5.54 Å². The van der Waals surface area contributed by atoms with Crippen molar-refractivity contribution >= 4 is 28.7 Å². The lowest BCUT2D eigenvalue weighted by Crippen LogP contribution is -2.51. The number of fused-ring (bicyclic) bond motifs is 4. The highest BCUT2D eigenvalue weighted by Crippen LogP contribution is 2.42. The molecule has 4 amide bonds. The van der Waals surface area contributed by atoms with Gasteiger partial charge in [-0.1, -0.05) is 0 Å². The van der Waals surface area contributed by atoms with Gasteiger partial charge in [-0.25, -0.2) is 9.18 Å². The summed E-state index contributed by atoms with van der Waals surface area (Å²) in [6, 6.07) is 3.03. The number of carbonyl (C=O) groups excluding carboxylic acids is 3. The molecule has 1 N–H and O–H groups in total. The SMILES string of the molecule is COc1ccc2[nH]c3c(c2c1F)C[C@@]1(C)C(=O)N(CCCN2CCN(C(C)=O)CC2)C(=O)N1C3. The third kappa shape index (κ3) is 3.43. The number of amides is 4. The number of halogens is 1. The number of nitrogens with zero attached hydrogens (tertiary/aromatic N) is 4. The van der Waals surface area contributed by atoms with E-state index < -0.39 is 11.4 Å². The lowest BCUT2D eigenvalue weighted by Gasteiger charge is -2.35. The van der Waals surface area contributed by atoms with Crippen LogP contribution in [0.3, 0.4) is 0 Å². The molecule has 3 aliphatic rings. The Balaban J connectivity index is 1.29. The van der Waals surface area contributed by atoms with Crippen LogP contribution in [-0.4, -0.2) is 94.3 Å². The molecule has 2 saturated heterocycles. The van der Waals surface area contributed by atoms with E-state index in [4.69, 9.17) is 4.74 Å². The molecule has 4 heterocycles. The number of urea groups is 1. The quantitative estimate of drug-likeness (QED) is 0.674. The standard InChI is InChI=1S/C24H30FN5O4/c1-15(31)28-11-9-27(10-12-28)7-4-8-29-22(32)24(2)13-16-18(14-30(24)23(29)33)26-17-5-6-19(34-3)21(25)20(16)17/h5-6,26H,4,7-14H2,1-3H3/t24-/m0/s1. The van der Waals surface area contributed by atoms with Crippen molar-refractivity contribution < 1.29 is 23.5 Å². The van der Waals surface area contributed by atoms with Crippen molar-refractivity contribution in [3.63, 3.8) is 0 Å². The summed E-state index contributed by atoms with van der Waals surface area (Å²) < 4.78 is 20.2. The number of nitrogens with one attached hydrogen (secondary N) is 1. The van der Waals surface area contributed by atoms with Gasteiger partial charge in [0.05, 0.1) is 13.7 Å². The predicted molar refractivity (Wildman–Crippen MR) is 123 cm³/mol. The van der Waals surface area contributed by atoms with Crippen molar-refractivity contribution in [1.82, 2.24) is 24.6 Å². The molecule has 0 aliphatic carbocycles. The zero-order chi connectivity index (χ0) is 24.2. The minimum absolute atomic E-state index is 0.0914. The van der Waals surface area contributed by atoms with Gasteiger partial charge < -0.3 is 19.5 Å². The summed E-state index contributed by atoms with van der Waals surface area (Å²) in [5, 5.41) is 0.429. The molecular formula is C24H30FN5O4. The molecule has 5 rings (SSSR count). The topological polar surface area (TPSA) is 89.2 Å². The van der Waals surface area contributed by atoms with Gasteiger partial charge in [-0.05, 0) is 37.6 Å². The zero-order valence-corrected chi connectivity index (χ0v) is 19.8. The molecule has 2 fully saturated rings.